The Hall–Kier alpha value is -1.58. The van der Waals surface area contributed by atoms with Gasteiger partial charge in [0, 0.05) is 12.6 Å². The van der Waals surface area contributed by atoms with Crippen LogP contribution >= 0.6 is 11.8 Å². The molecule has 0 bridgehead atoms. The smallest absolute Gasteiger partial charge is 0.238 e. The Morgan fingerprint density at radius 1 is 1.38 bits per heavy atom. The fourth-order valence-corrected chi connectivity index (χ4v) is 3.80. The number of primary sulfonamides is 1. The number of nitrogens with one attached hydrogen (secondary N) is 1. The largest absolute Gasteiger partial charge is 0.353 e. The number of aromatic nitrogens is 2. The average Bonchev–Trinajstić information content (AvgIpc) is 2.81. The zero-order chi connectivity index (χ0) is 18.1. The summed E-state index contributed by atoms with van der Waals surface area (Å²) in [5.74, 6) is -0.0602. The second kappa shape index (κ2) is 7.12. The Labute approximate surface area is 146 Å². The molecule has 1 amide bonds. The first-order valence-electron chi connectivity index (χ1n) is 7.63. The molecule has 24 heavy (non-hydrogen) atoms. The summed E-state index contributed by atoms with van der Waals surface area (Å²) in [5, 5.41) is 8.40. The average molecular weight is 371 g/mol. The van der Waals surface area contributed by atoms with Crippen LogP contribution in [-0.2, 0) is 21.4 Å². The molecular weight excluding hydrogens is 348 g/mol. The summed E-state index contributed by atoms with van der Waals surface area (Å²) in [6, 6.07) is 4.69. The molecule has 2 rings (SSSR count). The molecule has 0 fully saturated rings. The van der Waals surface area contributed by atoms with Crippen molar-refractivity contribution in [2.45, 2.75) is 55.6 Å². The van der Waals surface area contributed by atoms with Crippen LogP contribution in [-0.4, -0.2) is 35.2 Å². The van der Waals surface area contributed by atoms with E-state index in [-0.39, 0.29) is 22.1 Å². The summed E-state index contributed by atoms with van der Waals surface area (Å²) < 4.78 is 24.9. The fraction of sp³-hybridized carbons (Fsp3) is 0.467. The number of sulfonamides is 1. The second-order valence-corrected chi connectivity index (χ2v) is 8.63. The Kier molecular flexibility index (Phi) is 5.56. The van der Waals surface area contributed by atoms with Gasteiger partial charge in [-0.25, -0.2) is 18.5 Å². The predicted octanol–water partition coefficient (Wildman–Crippen LogP) is 1.71. The maximum absolute atomic E-state index is 12.1. The number of thioether (sulfide) groups is 1. The van der Waals surface area contributed by atoms with Crippen LogP contribution in [0.3, 0.4) is 0 Å². The van der Waals surface area contributed by atoms with Crippen molar-refractivity contribution in [2.24, 2.45) is 5.14 Å². The molecule has 0 radical (unpaired) electrons. The molecule has 0 saturated carbocycles. The minimum Gasteiger partial charge on any atom is -0.353 e. The highest BCUT2D eigenvalue weighted by atomic mass is 32.2. The Morgan fingerprint density at radius 2 is 2.04 bits per heavy atom. The van der Waals surface area contributed by atoms with Gasteiger partial charge in [0.15, 0.2) is 5.16 Å². The first kappa shape index (κ1) is 18.8. The topological polar surface area (TPSA) is 107 Å². The molecule has 0 saturated heterocycles. The molecule has 132 valence electrons. The standard InChI is InChI=1S/C15H22N4O3S2/c1-5-19-13-7-6-11(24(16,21)22)8-12(13)18-15(19)23-10(4)14(20)17-9(2)3/h6-10H,5H2,1-4H3,(H,17,20)(H2,16,21,22)/t10-/m1/s1. The summed E-state index contributed by atoms with van der Waals surface area (Å²) in [6.07, 6.45) is 0. The SMILES string of the molecule is CCn1c(S[C@H](C)C(=O)NC(C)C)nc2cc(S(N)(=O)=O)ccc21. The number of fused-ring (bicyclic) bond motifs is 1. The van der Waals surface area contributed by atoms with Crippen molar-refractivity contribution in [3.05, 3.63) is 18.2 Å². The lowest BCUT2D eigenvalue weighted by Crippen LogP contribution is -2.36. The molecule has 3 N–H and O–H groups in total. The summed E-state index contributed by atoms with van der Waals surface area (Å²) in [5.41, 5.74) is 1.35. The number of carbonyl (C=O) groups excluding carboxylic acids is 1. The maximum Gasteiger partial charge on any atom is 0.238 e. The number of carbonyl (C=O) groups is 1. The fourth-order valence-electron chi connectivity index (χ4n) is 2.27. The lowest BCUT2D eigenvalue weighted by molar-refractivity contribution is -0.120. The third kappa shape index (κ3) is 4.08. The van der Waals surface area contributed by atoms with E-state index in [0.717, 1.165) is 5.52 Å². The molecule has 1 aromatic heterocycles. The number of aryl methyl sites for hydroxylation is 1. The van der Waals surface area contributed by atoms with Crippen LogP contribution in [0.4, 0.5) is 0 Å². The van der Waals surface area contributed by atoms with Crippen LogP contribution in [0.2, 0.25) is 0 Å². The summed E-state index contributed by atoms with van der Waals surface area (Å²) in [7, 11) is -3.77. The molecule has 2 aromatic rings. The Bertz CT molecular complexity index is 859. The summed E-state index contributed by atoms with van der Waals surface area (Å²) in [4.78, 5) is 16.6. The lowest BCUT2D eigenvalue weighted by atomic mass is 10.3. The third-order valence-electron chi connectivity index (χ3n) is 3.41. The van der Waals surface area contributed by atoms with Gasteiger partial charge >= 0.3 is 0 Å². The highest BCUT2D eigenvalue weighted by Gasteiger charge is 2.20. The molecule has 1 atom stereocenters. The first-order valence-corrected chi connectivity index (χ1v) is 10.1. The number of hydrogen-bond donors (Lipinski definition) is 2. The van der Waals surface area contributed by atoms with Crippen molar-refractivity contribution in [2.75, 3.05) is 0 Å². The van der Waals surface area contributed by atoms with E-state index in [4.69, 9.17) is 5.14 Å². The van der Waals surface area contributed by atoms with Crippen LogP contribution in [0.25, 0.3) is 11.0 Å². The molecular formula is C15H22N4O3S2. The van der Waals surface area contributed by atoms with Crippen molar-refractivity contribution in [1.82, 2.24) is 14.9 Å². The van der Waals surface area contributed by atoms with Gasteiger partial charge in [-0.1, -0.05) is 11.8 Å². The molecule has 7 nitrogen and oxygen atoms in total. The second-order valence-electron chi connectivity index (χ2n) is 5.76. The van der Waals surface area contributed by atoms with Crippen LogP contribution in [0.15, 0.2) is 28.3 Å². The lowest BCUT2D eigenvalue weighted by Gasteiger charge is -2.14. The van der Waals surface area contributed by atoms with Gasteiger partial charge in [-0.3, -0.25) is 4.79 Å². The summed E-state index contributed by atoms with van der Waals surface area (Å²) >= 11 is 1.34. The van der Waals surface area contributed by atoms with E-state index in [0.29, 0.717) is 17.2 Å². The van der Waals surface area contributed by atoms with E-state index in [1.807, 2.05) is 32.3 Å². The van der Waals surface area contributed by atoms with Crippen molar-refractivity contribution in [1.29, 1.82) is 0 Å². The quantitative estimate of drug-likeness (QED) is 0.753. The van der Waals surface area contributed by atoms with Crippen LogP contribution in [0, 0.1) is 0 Å². The normalized spacial score (nSPS) is 13.4. The molecule has 1 heterocycles. The zero-order valence-corrected chi connectivity index (χ0v) is 15.7. The van der Waals surface area contributed by atoms with Gasteiger partial charge in [0.2, 0.25) is 15.9 Å². The molecule has 1 aromatic carbocycles. The van der Waals surface area contributed by atoms with Crippen LogP contribution in [0.5, 0.6) is 0 Å². The van der Waals surface area contributed by atoms with E-state index in [9.17, 15) is 13.2 Å². The van der Waals surface area contributed by atoms with Crippen molar-refractivity contribution in [3.8, 4) is 0 Å². The number of hydrogen-bond acceptors (Lipinski definition) is 5. The number of benzene rings is 1. The minimum atomic E-state index is -3.77. The first-order chi connectivity index (χ1) is 11.1. The van der Waals surface area contributed by atoms with Gasteiger partial charge < -0.3 is 9.88 Å². The zero-order valence-electron chi connectivity index (χ0n) is 14.1. The molecule has 0 aliphatic rings. The van der Waals surface area contributed by atoms with E-state index in [1.165, 1.54) is 23.9 Å². The van der Waals surface area contributed by atoms with E-state index in [1.54, 1.807) is 6.07 Å². The molecule has 0 spiro atoms. The minimum absolute atomic E-state index is 0.0258. The van der Waals surface area contributed by atoms with Crippen LogP contribution < -0.4 is 10.5 Å². The molecule has 9 heteroatoms. The van der Waals surface area contributed by atoms with Gasteiger partial charge in [-0.2, -0.15) is 0 Å². The number of imidazole rings is 1. The van der Waals surface area contributed by atoms with E-state index < -0.39 is 10.0 Å². The molecule has 0 aliphatic heterocycles. The van der Waals surface area contributed by atoms with Crippen LogP contribution in [0.1, 0.15) is 27.7 Å². The Balaban J connectivity index is 2.38. The van der Waals surface area contributed by atoms with Crippen molar-refractivity contribution >= 4 is 38.7 Å². The van der Waals surface area contributed by atoms with E-state index >= 15 is 0 Å². The third-order valence-corrected chi connectivity index (χ3v) is 5.41. The van der Waals surface area contributed by atoms with Gasteiger partial charge in [0.05, 0.1) is 21.2 Å². The van der Waals surface area contributed by atoms with Crippen molar-refractivity contribution < 1.29 is 13.2 Å². The van der Waals surface area contributed by atoms with Gasteiger partial charge in [-0.05, 0) is 45.9 Å². The highest BCUT2D eigenvalue weighted by molar-refractivity contribution is 8.00. The number of nitrogens with zero attached hydrogens (tertiary/aromatic N) is 2. The van der Waals surface area contributed by atoms with Gasteiger partial charge in [0.25, 0.3) is 0 Å². The monoisotopic (exact) mass is 370 g/mol. The Morgan fingerprint density at radius 3 is 2.58 bits per heavy atom. The maximum atomic E-state index is 12.1. The number of amides is 1. The van der Waals surface area contributed by atoms with Gasteiger partial charge in [-0.15, -0.1) is 0 Å². The predicted molar refractivity (Wildman–Crippen MR) is 95.4 cm³/mol. The molecule has 0 aliphatic carbocycles. The highest BCUT2D eigenvalue weighted by Crippen LogP contribution is 2.28. The van der Waals surface area contributed by atoms with E-state index in [2.05, 4.69) is 10.3 Å². The van der Waals surface area contributed by atoms with Crippen molar-refractivity contribution in [3.63, 3.8) is 0 Å². The summed E-state index contributed by atoms with van der Waals surface area (Å²) in [6.45, 7) is 8.26. The number of rotatable bonds is 6. The number of nitrogens with two attached hydrogens (primary N) is 1. The van der Waals surface area contributed by atoms with Gasteiger partial charge in [0.1, 0.15) is 0 Å². The molecule has 0 unspecified atom stereocenters.